The Morgan fingerprint density at radius 2 is 1.41 bits per heavy atom. The summed E-state index contributed by atoms with van der Waals surface area (Å²) in [6.45, 7) is 8.81. The van der Waals surface area contributed by atoms with E-state index in [9.17, 15) is 0 Å². The molecule has 0 unspecified atom stereocenters. The van der Waals surface area contributed by atoms with Crippen molar-refractivity contribution >= 4 is 0 Å². The van der Waals surface area contributed by atoms with Gasteiger partial charge >= 0.3 is 0 Å². The average Bonchev–Trinajstić information content (AvgIpc) is 2.59. The molecule has 1 heterocycles. The van der Waals surface area contributed by atoms with Crippen LogP contribution >= 0.6 is 0 Å². The molecule has 0 amide bonds. The molecule has 0 fully saturated rings. The minimum atomic E-state index is 0.718. The maximum Gasteiger partial charge on any atom is 0.0455 e. The third kappa shape index (κ3) is 2.60. The molecule has 0 spiro atoms. The second-order valence-corrected chi connectivity index (χ2v) is 5.22. The van der Waals surface area contributed by atoms with Crippen LogP contribution in [0.15, 0.2) is 36.4 Å². The molecule has 0 N–H and O–H groups in total. The van der Waals surface area contributed by atoms with Gasteiger partial charge in [0.2, 0.25) is 0 Å². The number of aromatic nitrogens is 1. The van der Waals surface area contributed by atoms with Crippen molar-refractivity contribution in [2.45, 2.75) is 34.1 Å². The van der Waals surface area contributed by atoms with Crippen LogP contribution in [0.5, 0.6) is 0 Å². The minimum Gasteiger partial charge on any atom is -0.319 e. The van der Waals surface area contributed by atoms with E-state index in [1.807, 2.05) is 0 Å². The van der Waals surface area contributed by atoms with Crippen LogP contribution in [0.2, 0.25) is 0 Å². The molecule has 1 nitrogen and oxygen atoms in total. The predicted molar refractivity (Wildman–Crippen MR) is 73.8 cm³/mol. The Balaban J connectivity index is 2.30. The van der Waals surface area contributed by atoms with E-state index in [4.69, 9.17) is 0 Å². The molecule has 0 atom stereocenters. The fourth-order valence-electron chi connectivity index (χ4n) is 2.33. The summed E-state index contributed by atoms with van der Waals surface area (Å²) in [6.07, 6.45) is 1.16. The molecule has 1 aromatic carbocycles. The van der Waals surface area contributed by atoms with E-state index in [1.54, 1.807) is 0 Å². The molecular formula is C16H21N. The molecule has 2 rings (SSSR count). The molecule has 90 valence electrons. The largest absolute Gasteiger partial charge is 0.319 e. The highest BCUT2D eigenvalue weighted by molar-refractivity contribution is 5.39. The van der Waals surface area contributed by atoms with Crippen molar-refractivity contribution in [1.29, 1.82) is 0 Å². The van der Waals surface area contributed by atoms with Gasteiger partial charge in [-0.25, -0.2) is 0 Å². The van der Waals surface area contributed by atoms with Crippen molar-refractivity contribution < 1.29 is 0 Å². The van der Waals surface area contributed by atoms with Crippen molar-refractivity contribution in [3.63, 3.8) is 0 Å². The zero-order chi connectivity index (χ0) is 12.4. The minimum absolute atomic E-state index is 0.718. The number of benzene rings is 1. The summed E-state index contributed by atoms with van der Waals surface area (Å²) in [5.74, 6) is 0.718. The third-order valence-corrected chi connectivity index (χ3v) is 3.11. The van der Waals surface area contributed by atoms with E-state index in [0.29, 0.717) is 0 Å². The summed E-state index contributed by atoms with van der Waals surface area (Å²) >= 11 is 0. The number of nitrogens with zero attached hydrogens (tertiary/aromatic N) is 1. The summed E-state index contributed by atoms with van der Waals surface area (Å²) in [4.78, 5) is 0. The Hall–Kier alpha value is -1.50. The van der Waals surface area contributed by atoms with Gasteiger partial charge in [0.15, 0.2) is 0 Å². The van der Waals surface area contributed by atoms with Gasteiger partial charge in [0.1, 0.15) is 0 Å². The Bertz CT molecular complexity index is 469. The summed E-state index contributed by atoms with van der Waals surface area (Å²) in [5, 5.41) is 0. The molecule has 0 saturated heterocycles. The molecule has 0 radical (unpaired) electrons. The first kappa shape index (κ1) is 12.0. The molecule has 0 saturated carbocycles. The molecule has 0 bridgehead atoms. The van der Waals surface area contributed by atoms with Crippen LogP contribution < -0.4 is 0 Å². The standard InChI is InChI=1S/C16H21N/c1-12(2)11-15-7-9-16(10-8-15)17-13(3)5-6-14(17)4/h5-10,12H,11H2,1-4H3. The second-order valence-electron chi connectivity index (χ2n) is 5.22. The quantitative estimate of drug-likeness (QED) is 0.737. The van der Waals surface area contributed by atoms with Gasteiger partial charge in [-0.3, -0.25) is 0 Å². The second kappa shape index (κ2) is 4.79. The van der Waals surface area contributed by atoms with Gasteiger partial charge in [-0.05, 0) is 56.0 Å². The Kier molecular flexibility index (Phi) is 3.37. The molecule has 0 aliphatic carbocycles. The fourth-order valence-corrected chi connectivity index (χ4v) is 2.33. The van der Waals surface area contributed by atoms with Gasteiger partial charge in [-0.15, -0.1) is 0 Å². The highest BCUT2D eigenvalue weighted by atomic mass is 15.0. The molecule has 0 aliphatic heterocycles. The average molecular weight is 227 g/mol. The van der Waals surface area contributed by atoms with Crippen LogP contribution in [-0.2, 0) is 6.42 Å². The summed E-state index contributed by atoms with van der Waals surface area (Å²) in [6, 6.07) is 13.3. The van der Waals surface area contributed by atoms with Crippen molar-refractivity contribution in [2.24, 2.45) is 5.92 Å². The first-order chi connectivity index (χ1) is 8.08. The van der Waals surface area contributed by atoms with E-state index >= 15 is 0 Å². The fraction of sp³-hybridized carbons (Fsp3) is 0.375. The van der Waals surface area contributed by atoms with Gasteiger partial charge in [0, 0.05) is 17.1 Å². The van der Waals surface area contributed by atoms with Crippen LogP contribution in [-0.4, -0.2) is 4.57 Å². The lowest BCUT2D eigenvalue weighted by molar-refractivity contribution is 0.647. The van der Waals surface area contributed by atoms with Gasteiger partial charge in [-0.1, -0.05) is 26.0 Å². The maximum absolute atomic E-state index is 2.29. The monoisotopic (exact) mass is 227 g/mol. The molecule has 1 aromatic heterocycles. The predicted octanol–water partition coefficient (Wildman–Crippen LogP) is 4.29. The molecule has 17 heavy (non-hydrogen) atoms. The maximum atomic E-state index is 2.29. The van der Waals surface area contributed by atoms with Gasteiger partial charge < -0.3 is 4.57 Å². The first-order valence-electron chi connectivity index (χ1n) is 6.32. The van der Waals surface area contributed by atoms with Crippen molar-refractivity contribution in [2.75, 3.05) is 0 Å². The van der Waals surface area contributed by atoms with Crippen molar-refractivity contribution in [3.8, 4) is 5.69 Å². The lowest BCUT2D eigenvalue weighted by atomic mass is 10.0. The Labute approximate surface area is 104 Å². The molecule has 1 heteroatoms. The van der Waals surface area contributed by atoms with Gasteiger partial charge in [0.25, 0.3) is 0 Å². The van der Waals surface area contributed by atoms with Gasteiger partial charge in [0.05, 0.1) is 0 Å². The third-order valence-electron chi connectivity index (χ3n) is 3.11. The smallest absolute Gasteiger partial charge is 0.0455 e. The Morgan fingerprint density at radius 1 is 0.882 bits per heavy atom. The Morgan fingerprint density at radius 3 is 1.88 bits per heavy atom. The summed E-state index contributed by atoms with van der Waals surface area (Å²) in [7, 11) is 0. The summed E-state index contributed by atoms with van der Waals surface area (Å²) in [5.41, 5.74) is 5.27. The number of aryl methyl sites for hydroxylation is 2. The van der Waals surface area contributed by atoms with E-state index in [-0.39, 0.29) is 0 Å². The SMILES string of the molecule is Cc1ccc(C)n1-c1ccc(CC(C)C)cc1. The van der Waals surface area contributed by atoms with E-state index < -0.39 is 0 Å². The van der Waals surface area contributed by atoms with Crippen LogP contribution in [0, 0.1) is 19.8 Å². The van der Waals surface area contributed by atoms with Crippen LogP contribution in [0.3, 0.4) is 0 Å². The van der Waals surface area contributed by atoms with Crippen LogP contribution in [0.25, 0.3) is 5.69 Å². The highest BCUT2D eigenvalue weighted by Gasteiger charge is 2.04. The number of hydrogen-bond donors (Lipinski definition) is 0. The molecule has 0 aliphatic rings. The van der Waals surface area contributed by atoms with E-state index in [2.05, 4.69) is 68.7 Å². The normalized spacial score (nSPS) is 11.1. The molecule has 2 aromatic rings. The zero-order valence-electron chi connectivity index (χ0n) is 11.2. The van der Waals surface area contributed by atoms with Gasteiger partial charge in [-0.2, -0.15) is 0 Å². The highest BCUT2D eigenvalue weighted by Crippen LogP contribution is 2.17. The first-order valence-corrected chi connectivity index (χ1v) is 6.32. The molecular weight excluding hydrogens is 206 g/mol. The number of rotatable bonds is 3. The lowest BCUT2D eigenvalue weighted by Gasteiger charge is -2.11. The number of hydrogen-bond acceptors (Lipinski definition) is 0. The van der Waals surface area contributed by atoms with Crippen LogP contribution in [0.1, 0.15) is 30.8 Å². The van der Waals surface area contributed by atoms with Crippen molar-refractivity contribution in [3.05, 3.63) is 53.3 Å². The van der Waals surface area contributed by atoms with E-state index in [0.717, 1.165) is 12.3 Å². The van der Waals surface area contributed by atoms with Crippen LogP contribution in [0.4, 0.5) is 0 Å². The zero-order valence-corrected chi connectivity index (χ0v) is 11.2. The van der Waals surface area contributed by atoms with Crippen molar-refractivity contribution in [1.82, 2.24) is 4.57 Å². The topological polar surface area (TPSA) is 4.93 Å². The summed E-state index contributed by atoms with van der Waals surface area (Å²) < 4.78 is 2.29. The lowest BCUT2D eigenvalue weighted by Crippen LogP contribution is -1.99. The van der Waals surface area contributed by atoms with E-state index in [1.165, 1.54) is 22.6 Å².